The van der Waals surface area contributed by atoms with Gasteiger partial charge >= 0.3 is 0 Å². The lowest BCUT2D eigenvalue weighted by Gasteiger charge is -2.19. The third kappa shape index (κ3) is 4.17. The third-order valence-electron chi connectivity index (χ3n) is 9.06. The second kappa shape index (κ2) is 10.4. The van der Waals surface area contributed by atoms with Crippen LogP contribution < -0.4 is 0 Å². The van der Waals surface area contributed by atoms with E-state index < -0.39 is 0 Å². The van der Waals surface area contributed by atoms with Crippen molar-refractivity contribution in [3.8, 4) is 44.5 Å². The maximum Gasteiger partial charge on any atom is 0.143 e. The van der Waals surface area contributed by atoms with Crippen LogP contribution in [0.4, 0.5) is 0 Å². The molecule has 210 valence electrons. The lowest BCUT2D eigenvalue weighted by Crippen LogP contribution is -1.92. The second-order valence-corrected chi connectivity index (χ2v) is 11.6. The Labute approximate surface area is 261 Å². The van der Waals surface area contributed by atoms with E-state index in [0.29, 0.717) is 0 Å². The van der Waals surface area contributed by atoms with Gasteiger partial charge < -0.3 is 4.42 Å². The Balaban J connectivity index is 1.39. The van der Waals surface area contributed by atoms with E-state index >= 15 is 0 Å². The number of hydrogen-bond donors (Lipinski definition) is 0. The Morgan fingerprint density at radius 3 is 1.62 bits per heavy atom. The van der Waals surface area contributed by atoms with Crippen molar-refractivity contribution in [1.82, 2.24) is 0 Å². The summed E-state index contributed by atoms with van der Waals surface area (Å²) in [4.78, 5) is 0. The van der Waals surface area contributed by atoms with Crippen molar-refractivity contribution >= 4 is 43.5 Å². The topological polar surface area (TPSA) is 13.1 Å². The van der Waals surface area contributed by atoms with Gasteiger partial charge in [0.15, 0.2) is 0 Å². The van der Waals surface area contributed by atoms with Gasteiger partial charge in [0.05, 0.1) is 0 Å². The third-order valence-corrected chi connectivity index (χ3v) is 9.06. The summed E-state index contributed by atoms with van der Waals surface area (Å²) >= 11 is 0. The van der Waals surface area contributed by atoms with Crippen LogP contribution >= 0.6 is 0 Å². The van der Waals surface area contributed by atoms with Crippen molar-refractivity contribution in [2.24, 2.45) is 0 Å². The Morgan fingerprint density at radius 1 is 0.289 bits per heavy atom. The van der Waals surface area contributed by atoms with Crippen LogP contribution in [0, 0.1) is 0 Å². The van der Waals surface area contributed by atoms with Gasteiger partial charge in [-0.05, 0) is 78.7 Å². The van der Waals surface area contributed by atoms with Crippen molar-refractivity contribution in [3.05, 3.63) is 170 Å². The largest absolute Gasteiger partial charge is 0.455 e. The molecule has 0 unspecified atom stereocenters. The molecule has 8 aromatic carbocycles. The van der Waals surface area contributed by atoms with Crippen LogP contribution in [0.15, 0.2) is 174 Å². The minimum atomic E-state index is 0.913. The molecule has 0 amide bonds. The normalized spacial score (nSPS) is 11.6. The standard InChI is InChI=1S/C44H28O/c1-3-13-29(14-4-1)31-17-11-18-33(27-31)43-37-21-8-7-20-36(37)42(30-15-5-2-6-16-30)38-26-25-32(28-40(38)43)34-22-12-23-39-35-19-9-10-24-41(35)45-44(34)39/h1-28H. The molecule has 0 bridgehead atoms. The molecular weight excluding hydrogens is 544 g/mol. The van der Waals surface area contributed by atoms with E-state index in [4.69, 9.17) is 4.42 Å². The first kappa shape index (κ1) is 25.6. The lowest BCUT2D eigenvalue weighted by molar-refractivity contribution is 0.670. The van der Waals surface area contributed by atoms with E-state index in [9.17, 15) is 0 Å². The Morgan fingerprint density at radius 2 is 0.844 bits per heavy atom. The molecule has 1 heteroatoms. The molecule has 1 heterocycles. The number of hydrogen-bond acceptors (Lipinski definition) is 1. The highest BCUT2D eigenvalue weighted by atomic mass is 16.3. The SMILES string of the molecule is c1ccc(-c2cccc(-c3c4ccccc4c(-c4ccccc4)c4ccc(-c5cccc6c5oc5ccccc56)cc34)c2)cc1. The van der Waals surface area contributed by atoms with E-state index in [2.05, 4.69) is 164 Å². The fourth-order valence-electron chi connectivity index (χ4n) is 7.03. The highest BCUT2D eigenvalue weighted by Gasteiger charge is 2.19. The summed E-state index contributed by atoms with van der Waals surface area (Å²) in [6.45, 7) is 0. The fraction of sp³-hybridized carbons (Fsp3) is 0. The van der Waals surface area contributed by atoms with Crippen LogP contribution in [-0.2, 0) is 0 Å². The van der Waals surface area contributed by atoms with Gasteiger partial charge in [-0.25, -0.2) is 0 Å². The van der Waals surface area contributed by atoms with Crippen LogP contribution in [-0.4, -0.2) is 0 Å². The Bertz CT molecular complexity index is 2520. The summed E-state index contributed by atoms with van der Waals surface area (Å²) in [7, 11) is 0. The number of rotatable bonds is 4. The van der Waals surface area contributed by atoms with E-state index in [0.717, 1.165) is 33.1 Å². The van der Waals surface area contributed by atoms with Crippen LogP contribution in [0.2, 0.25) is 0 Å². The van der Waals surface area contributed by atoms with Gasteiger partial charge in [0.25, 0.3) is 0 Å². The number of benzene rings is 8. The minimum absolute atomic E-state index is 0.913. The number of para-hydroxylation sites is 2. The molecule has 0 N–H and O–H groups in total. The zero-order chi connectivity index (χ0) is 29.7. The van der Waals surface area contributed by atoms with Crippen molar-refractivity contribution in [3.63, 3.8) is 0 Å². The summed E-state index contributed by atoms with van der Waals surface area (Å²) in [5.74, 6) is 0. The van der Waals surface area contributed by atoms with Crippen molar-refractivity contribution in [2.75, 3.05) is 0 Å². The first-order chi connectivity index (χ1) is 22.3. The van der Waals surface area contributed by atoms with Crippen LogP contribution in [0.5, 0.6) is 0 Å². The molecule has 9 rings (SSSR count). The predicted octanol–water partition coefficient (Wildman–Crippen LogP) is 12.6. The predicted molar refractivity (Wildman–Crippen MR) is 190 cm³/mol. The molecule has 9 aromatic rings. The van der Waals surface area contributed by atoms with Gasteiger partial charge in [-0.3, -0.25) is 0 Å². The molecule has 45 heavy (non-hydrogen) atoms. The average Bonchev–Trinajstić information content (AvgIpc) is 3.50. The Hall–Kier alpha value is -5.92. The Kier molecular flexibility index (Phi) is 5.89. The van der Waals surface area contributed by atoms with Crippen LogP contribution in [0.3, 0.4) is 0 Å². The van der Waals surface area contributed by atoms with Gasteiger partial charge in [-0.1, -0.05) is 152 Å². The number of furan rings is 1. The van der Waals surface area contributed by atoms with Gasteiger partial charge in [-0.2, -0.15) is 0 Å². The maximum atomic E-state index is 6.49. The summed E-state index contributed by atoms with van der Waals surface area (Å²) < 4.78 is 6.49. The lowest BCUT2D eigenvalue weighted by atomic mass is 9.84. The maximum absolute atomic E-state index is 6.49. The highest BCUT2D eigenvalue weighted by Crippen LogP contribution is 2.46. The van der Waals surface area contributed by atoms with E-state index in [1.54, 1.807) is 0 Å². The molecule has 0 atom stereocenters. The van der Waals surface area contributed by atoms with E-state index in [-0.39, 0.29) is 0 Å². The quantitative estimate of drug-likeness (QED) is 0.191. The minimum Gasteiger partial charge on any atom is -0.455 e. The number of fused-ring (bicyclic) bond motifs is 5. The smallest absolute Gasteiger partial charge is 0.143 e. The van der Waals surface area contributed by atoms with Gasteiger partial charge in [0, 0.05) is 16.3 Å². The molecular formula is C44H28O. The highest BCUT2D eigenvalue weighted by molar-refractivity contribution is 6.22. The van der Waals surface area contributed by atoms with E-state index in [1.165, 1.54) is 54.9 Å². The van der Waals surface area contributed by atoms with Gasteiger partial charge in [0.2, 0.25) is 0 Å². The van der Waals surface area contributed by atoms with Crippen molar-refractivity contribution in [1.29, 1.82) is 0 Å². The zero-order valence-corrected chi connectivity index (χ0v) is 24.6. The second-order valence-electron chi connectivity index (χ2n) is 11.6. The molecule has 0 spiro atoms. The monoisotopic (exact) mass is 572 g/mol. The molecule has 0 saturated carbocycles. The zero-order valence-electron chi connectivity index (χ0n) is 24.6. The summed E-state index contributed by atoms with van der Waals surface area (Å²) in [6.07, 6.45) is 0. The summed E-state index contributed by atoms with van der Waals surface area (Å²) in [5.41, 5.74) is 11.4. The van der Waals surface area contributed by atoms with Gasteiger partial charge in [0.1, 0.15) is 11.2 Å². The van der Waals surface area contributed by atoms with Gasteiger partial charge in [-0.15, -0.1) is 0 Å². The molecule has 0 fully saturated rings. The fourth-order valence-corrected chi connectivity index (χ4v) is 7.03. The summed E-state index contributed by atoms with van der Waals surface area (Å²) in [6, 6.07) is 61.0. The molecule has 1 nitrogen and oxygen atoms in total. The first-order valence-electron chi connectivity index (χ1n) is 15.4. The van der Waals surface area contributed by atoms with Crippen LogP contribution in [0.1, 0.15) is 0 Å². The summed E-state index contributed by atoms with van der Waals surface area (Å²) in [5, 5.41) is 7.24. The molecule has 0 radical (unpaired) electrons. The van der Waals surface area contributed by atoms with Crippen LogP contribution in [0.25, 0.3) is 88.0 Å². The molecule has 0 aliphatic heterocycles. The molecule has 0 aliphatic carbocycles. The average molecular weight is 573 g/mol. The van der Waals surface area contributed by atoms with Crippen molar-refractivity contribution < 1.29 is 4.42 Å². The van der Waals surface area contributed by atoms with E-state index in [1.807, 2.05) is 6.07 Å². The first-order valence-corrected chi connectivity index (χ1v) is 15.4. The molecule has 0 saturated heterocycles. The molecule has 0 aliphatic rings. The molecule has 1 aromatic heterocycles. The van der Waals surface area contributed by atoms with Crippen molar-refractivity contribution in [2.45, 2.75) is 0 Å².